The lowest BCUT2D eigenvalue weighted by Crippen LogP contribution is -2.40. The number of aryl methyl sites for hydroxylation is 1. The van der Waals surface area contributed by atoms with Gasteiger partial charge in [-0.15, -0.1) is 0 Å². The first-order chi connectivity index (χ1) is 13.2. The lowest BCUT2D eigenvalue weighted by atomic mass is 9.96. The maximum absolute atomic E-state index is 12.9. The molecule has 138 valence electrons. The maximum atomic E-state index is 12.9. The molecule has 0 aromatic carbocycles. The molecule has 27 heavy (non-hydrogen) atoms. The van der Waals surface area contributed by atoms with Crippen LogP contribution in [0, 0.1) is 6.92 Å². The molecule has 4 heterocycles. The number of pyridine rings is 2. The number of nitrogens with zero attached hydrogens (tertiary/aromatic N) is 5. The SMILES string of the molecule is Cc1cccc(C(=O)N2CCC[C@H](c3nccn3Cc3ccccn3)C2)n1. The fraction of sp³-hybridized carbons (Fsp3) is 0.333. The second-order valence-corrected chi connectivity index (χ2v) is 6.99. The van der Waals surface area contributed by atoms with Crippen molar-refractivity contribution in [1.82, 2.24) is 24.4 Å². The lowest BCUT2D eigenvalue weighted by Gasteiger charge is -2.32. The normalized spacial score (nSPS) is 17.1. The van der Waals surface area contributed by atoms with Crippen LogP contribution in [0.15, 0.2) is 55.0 Å². The van der Waals surface area contributed by atoms with E-state index in [0.717, 1.165) is 36.6 Å². The molecule has 0 N–H and O–H groups in total. The Balaban J connectivity index is 1.51. The Morgan fingerprint density at radius 3 is 2.89 bits per heavy atom. The van der Waals surface area contributed by atoms with E-state index in [9.17, 15) is 4.79 Å². The average molecular weight is 361 g/mol. The summed E-state index contributed by atoms with van der Waals surface area (Å²) in [6, 6.07) is 11.5. The van der Waals surface area contributed by atoms with Crippen LogP contribution in [0.4, 0.5) is 0 Å². The van der Waals surface area contributed by atoms with E-state index < -0.39 is 0 Å². The van der Waals surface area contributed by atoms with Gasteiger partial charge in [-0.25, -0.2) is 9.97 Å². The summed E-state index contributed by atoms with van der Waals surface area (Å²) in [5.41, 5.74) is 2.39. The van der Waals surface area contributed by atoms with Crippen LogP contribution in [0.1, 0.15) is 46.5 Å². The van der Waals surface area contributed by atoms with E-state index in [-0.39, 0.29) is 11.8 Å². The number of hydrogen-bond acceptors (Lipinski definition) is 4. The van der Waals surface area contributed by atoms with Gasteiger partial charge >= 0.3 is 0 Å². The molecule has 1 atom stereocenters. The summed E-state index contributed by atoms with van der Waals surface area (Å²) < 4.78 is 2.14. The Hall–Kier alpha value is -3.02. The summed E-state index contributed by atoms with van der Waals surface area (Å²) in [5, 5.41) is 0. The van der Waals surface area contributed by atoms with Gasteiger partial charge in [-0.1, -0.05) is 12.1 Å². The molecule has 0 spiro atoms. The van der Waals surface area contributed by atoms with Crippen molar-refractivity contribution >= 4 is 5.91 Å². The average Bonchev–Trinajstić information content (AvgIpc) is 3.16. The van der Waals surface area contributed by atoms with Crippen molar-refractivity contribution in [3.05, 3.63) is 77.9 Å². The van der Waals surface area contributed by atoms with E-state index in [4.69, 9.17) is 0 Å². The van der Waals surface area contributed by atoms with E-state index >= 15 is 0 Å². The van der Waals surface area contributed by atoms with Crippen LogP contribution in [-0.2, 0) is 6.54 Å². The van der Waals surface area contributed by atoms with Crippen LogP contribution in [0.25, 0.3) is 0 Å². The maximum Gasteiger partial charge on any atom is 0.272 e. The molecule has 6 heteroatoms. The van der Waals surface area contributed by atoms with E-state index in [1.54, 1.807) is 6.07 Å². The highest BCUT2D eigenvalue weighted by Gasteiger charge is 2.28. The largest absolute Gasteiger partial charge is 0.337 e. The molecular formula is C21H23N5O. The van der Waals surface area contributed by atoms with Gasteiger partial charge in [0.1, 0.15) is 11.5 Å². The van der Waals surface area contributed by atoms with Crippen LogP contribution in [0.2, 0.25) is 0 Å². The second-order valence-electron chi connectivity index (χ2n) is 6.99. The molecule has 1 aliphatic rings. The minimum absolute atomic E-state index is 0.00577. The molecule has 0 radical (unpaired) electrons. The summed E-state index contributed by atoms with van der Waals surface area (Å²) in [5.74, 6) is 1.26. The first kappa shape index (κ1) is 17.4. The van der Waals surface area contributed by atoms with Gasteiger partial charge < -0.3 is 9.47 Å². The van der Waals surface area contributed by atoms with Gasteiger partial charge in [0.15, 0.2) is 0 Å². The van der Waals surface area contributed by atoms with Gasteiger partial charge in [-0.05, 0) is 44.0 Å². The molecular weight excluding hydrogens is 338 g/mol. The number of amides is 1. The topological polar surface area (TPSA) is 63.9 Å². The number of imidazole rings is 1. The molecule has 1 aliphatic heterocycles. The Kier molecular flexibility index (Phi) is 4.96. The molecule has 0 bridgehead atoms. The standard InChI is InChI=1S/C21H23N5O/c1-16-6-4-9-19(24-16)21(27)26-12-5-7-17(14-26)20-23-11-13-25(20)15-18-8-2-3-10-22-18/h2-4,6,8-11,13,17H,5,7,12,14-15H2,1H3/t17-/m0/s1. The molecule has 1 saturated heterocycles. The number of hydrogen-bond donors (Lipinski definition) is 0. The van der Waals surface area contributed by atoms with Gasteiger partial charge in [0.05, 0.1) is 12.2 Å². The molecule has 4 rings (SSSR count). The monoisotopic (exact) mass is 361 g/mol. The quantitative estimate of drug-likeness (QED) is 0.716. The highest BCUT2D eigenvalue weighted by atomic mass is 16.2. The van der Waals surface area contributed by atoms with Crippen molar-refractivity contribution in [2.45, 2.75) is 32.2 Å². The minimum atomic E-state index is 0.00577. The molecule has 1 fully saturated rings. The summed E-state index contributed by atoms with van der Waals surface area (Å²) in [6.45, 7) is 4.05. The predicted molar refractivity (Wildman–Crippen MR) is 102 cm³/mol. The Bertz CT molecular complexity index is 921. The number of carbonyl (C=O) groups excluding carboxylic acids is 1. The third-order valence-corrected chi connectivity index (χ3v) is 4.99. The summed E-state index contributed by atoms with van der Waals surface area (Å²) in [7, 11) is 0. The highest BCUT2D eigenvalue weighted by Crippen LogP contribution is 2.27. The molecule has 0 unspecified atom stereocenters. The van der Waals surface area contributed by atoms with Gasteiger partial charge in [0.25, 0.3) is 5.91 Å². The molecule has 0 saturated carbocycles. The zero-order valence-corrected chi connectivity index (χ0v) is 15.5. The third kappa shape index (κ3) is 3.89. The smallest absolute Gasteiger partial charge is 0.272 e. The third-order valence-electron chi connectivity index (χ3n) is 4.99. The Morgan fingerprint density at radius 2 is 2.07 bits per heavy atom. The molecule has 1 amide bonds. The van der Waals surface area contributed by atoms with Crippen molar-refractivity contribution in [3.8, 4) is 0 Å². The Morgan fingerprint density at radius 1 is 1.15 bits per heavy atom. The highest BCUT2D eigenvalue weighted by molar-refractivity contribution is 5.92. The summed E-state index contributed by atoms with van der Waals surface area (Å²) >= 11 is 0. The fourth-order valence-electron chi connectivity index (χ4n) is 3.68. The van der Waals surface area contributed by atoms with Gasteiger partial charge in [0, 0.05) is 43.3 Å². The minimum Gasteiger partial charge on any atom is -0.337 e. The molecule has 0 aliphatic carbocycles. The molecule has 6 nitrogen and oxygen atoms in total. The number of aromatic nitrogens is 4. The van der Waals surface area contributed by atoms with Crippen molar-refractivity contribution in [1.29, 1.82) is 0 Å². The van der Waals surface area contributed by atoms with Crippen LogP contribution >= 0.6 is 0 Å². The predicted octanol–water partition coefficient (Wildman–Crippen LogP) is 3.05. The number of likely N-dealkylation sites (tertiary alicyclic amines) is 1. The fourth-order valence-corrected chi connectivity index (χ4v) is 3.68. The zero-order valence-electron chi connectivity index (χ0n) is 15.5. The summed E-state index contributed by atoms with van der Waals surface area (Å²) in [6.07, 6.45) is 7.64. The van der Waals surface area contributed by atoms with Crippen molar-refractivity contribution < 1.29 is 4.79 Å². The first-order valence-corrected chi connectivity index (χ1v) is 9.34. The van der Waals surface area contributed by atoms with Gasteiger partial charge in [-0.3, -0.25) is 9.78 Å². The first-order valence-electron chi connectivity index (χ1n) is 9.34. The molecule has 3 aromatic heterocycles. The van der Waals surface area contributed by atoms with Gasteiger partial charge in [-0.2, -0.15) is 0 Å². The van der Waals surface area contributed by atoms with Gasteiger partial charge in [0.2, 0.25) is 0 Å². The van der Waals surface area contributed by atoms with Crippen molar-refractivity contribution in [3.63, 3.8) is 0 Å². The van der Waals surface area contributed by atoms with Crippen LogP contribution < -0.4 is 0 Å². The van der Waals surface area contributed by atoms with E-state index in [0.29, 0.717) is 18.8 Å². The van der Waals surface area contributed by atoms with Crippen LogP contribution in [0.5, 0.6) is 0 Å². The van der Waals surface area contributed by atoms with Crippen molar-refractivity contribution in [2.75, 3.05) is 13.1 Å². The lowest BCUT2D eigenvalue weighted by molar-refractivity contribution is 0.0697. The second kappa shape index (κ2) is 7.70. The number of carbonyl (C=O) groups is 1. The zero-order chi connectivity index (χ0) is 18.6. The Labute approximate surface area is 158 Å². The van der Waals surface area contributed by atoms with Crippen LogP contribution in [-0.4, -0.2) is 43.4 Å². The van der Waals surface area contributed by atoms with E-state index in [1.807, 2.05) is 60.7 Å². The van der Waals surface area contributed by atoms with E-state index in [2.05, 4.69) is 19.5 Å². The molecule has 3 aromatic rings. The number of piperidine rings is 1. The van der Waals surface area contributed by atoms with Crippen LogP contribution in [0.3, 0.4) is 0 Å². The number of rotatable bonds is 4. The van der Waals surface area contributed by atoms with Crippen molar-refractivity contribution in [2.24, 2.45) is 0 Å². The van der Waals surface area contributed by atoms with E-state index in [1.165, 1.54) is 0 Å². The summed E-state index contributed by atoms with van der Waals surface area (Å²) in [4.78, 5) is 28.2.